The number of rotatable bonds is 9. The smallest absolute Gasteiger partial charge is 0.135 e. The Morgan fingerprint density at radius 1 is 0.675 bits per heavy atom. The Labute approximate surface area is 261 Å². The summed E-state index contributed by atoms with van der Waals surface area (Å²) in [7, 11) is 0. The molecule has 4 aromatic rings. The van der Waals surface area contributed by atoms with Gasteiger partial charge in [-0.05, 0) is 46.5 Å². The zero-order chi connectivity index (χ0) is 26.5. The van der Waals surface area contributed by atoms with Gasteiger partial charge in [0.2, 0.25) is 0 Å². The van der Waals surface area contributed by atoms with Gasteiger partial charge in [-0.2, -0.15) is 0 Å². The van der Waals surface area contributed by atoms with Crippen molar-refractivity contribution in [3.05, 3.63) is 153 Å². The number of hydrogen-bond acceptors (Lipinski definition) is 3. The molecule has 0 saturated carbocycles. The zero-order valence-corrected chi connectivity index (χ0v) is 25.2. The van der Waals surface area contributed by atoms with Crippen molar-refractivity contribution in [2.75, 3.05) is 6.67 Å². The van der Waals surface area contributed by atoms with Crippen LogP contribution in [0, 0.1) is 0 Å². The van der Waals surface area contributed by atoms with Crippen LogP contribution in [0.4, 0.5) is 0 Å². The fourth-order valence-corrected chi connectivity index (χ4v) is 5.54. The van der Waals surface area contributed by atoms with Crippen molar-refractivity contribution in [3.63, 3.8) is 0 Å². The minimum Gasteiger partial charge on any atom is -0.412 e. The Kier molecular flexibility index (Phi) is 12.0. The monoisotopic (exact) mass is 636 g/mol. The van der Waals surface area contributed by atoms with E-state index in [4.69, 9.17) is 51.1 Å². The summed E-state index contributed by atoms with van der Waals surface area (Å²) < 4.78 is 6.42. The lowest BCUT2D eigenvalue weighted by atomic mass is 9.98. The Bertz CT molecular complexity index is 1330. The van der Waals surface area contributed by atoms with E-state index in [-0.39, 0.29) is 30.5 Å². The van der Waals surface area contributed by atoms with E-state index >= 15 is 0 Å². The van der Waals surface area contributed by atoms with Crippen molar-refractivity contribution in [3.8, 4) is 0 Å². The molecule has 0 amide bonds. The fourth-order valence-electron chi connectivity index (χ4n) is 4.61. The maximum Gasteiger partial charge on any atom is 0.135 e. The van der Waals surface area contributed by atoms with Gasteiger partial charge in [0.25, 0.3) is 0 Å². The lowest BCUT2D eigenvalue weighted by molar-refractivity contribution is 0.00583. The first-order valence-electron chi connectivity index (χ1n) is 12.2. The first-order chi connectivity index (χ1) is 18.5. The van der Waals surface area contributed by atoms with Crippen LogP contribution in [0.2, 0.25) is 15.1 Å². The van der Waals surface area contributed by atoms with Crippen molar-refractivity contribution in [1.29, 1.82) is 0 Å². The lowest BCUT2D eigenvalue weighted by Crippen LogP contribution is -2.37. The molecular weight excluding hydrogens is 610 g/mol. The van der Waals surface area contributed by atoms with Gasteiger partial charge in [0.1, 0.15) is 11.6 Å². The zero-order valence-electron chi connectivity index (χ0n) is 21.3. The quantitative estimate of drug-likeness (QED) is 0.136. The number of nitrogens with zero attached hydrogens (tertiary/aromatic N) is 2. The average molecular weight is 639 g/mol. The second-order valence-electron chi connectivity index (χ2n) is 9.08. The molecule has 0 spiro atoms. The predicted octanol–water partition coefficient (Wildman–Crippen LogP) is 8.90. The Morgan fingerprint density at radius 3 is 1.80 bits per heavy atom. The molecule has 4 nitrogen and oxygen atoms in total. The van der Waals surface area contributed by atoms with Crippen LogP contribution in [-0.2, 0) is 11.3 Å². The molecule has 1 aliphatic rings. The van der Waals surface area contributed by atoms with Crippen molar-refractivity contribution in [2.24, 2.45) is 0 Å². The lowest BCUT2D eigenvalue weighted by Gasteiger charge is -2.34. The molecule has 1 aliphatic heterocycles. The predicted molar refractivity (Wildman–Crippen MR) is 168 cm³/mol. The summed E-state index contributed by atoms with van der Waals surface area (Å²) in [4.78, 5) is 4.37. The van der Waals surface area contributed by atoms with Gasteiger partial charge >= 0.3 is 0 Å². The number of halogens is 5. The van der Waals surface area contributed by atoms with Crippen LogP contribution in [0.25, 0.3) is 0 Å². The Hall–Kier alpha value is -2.41. The highest BCUT2D eigenvalue weighted by atomic mass is 35.5. The summed E-state index contributed by atoms with van der Waals surface area (Å²) in [6.07, 6.45) is 3.67. The van der Waals surface area contributed by atoms with Crippen LogP contribution in [0.3, 0.4) is 0 Å². The van der Waals surface area contributed by atoms with E-state index < -0.39 is 11.6 Å². The highest BCUT2D eigenvalue weighted by molar-refractivity contribution is 6.35. The maximum atomic E-state index is 7.16. The van der Waals surface area contributed by atoms with Crippen LogP contribution in [0.5, 0.6) is 0 Å². The van der Waals surface area contributed by atoms with E-state index in [1.54, 1.807) is 12.1 Å². The summed E-state index contributed by atoms with van der Waals surface area (Å²) in [6, 6.07) is 34.0. The molecule has 2 atom stereocenters. The minimum absolute atomic E-state index is 0. The second-order valence-corrected chi connectivity index (χ2v) is 10.8. The SMILES string of the molecule is Cl.Clc1ccc(C(OCc2ccc(Cl)cc2Cl)C(Cl)N2C=CN(C(c3ccccc3)c3ccccc3)C2)cc1.O. The molecule has 210 valence electrons. The minimum atomic E-state index is -0.490. The summed E-state index contributed by atoms with van der Waals surface area (Å²) in [5, 5.41) is 1.79. The molecule has 9 heteroatoms. The van der Waals surface area contributed by atoms with E-state index in [0.29, 0.717) is 21.7 Å². The second kappa shape index (κ2) is 15.0. The number of ether oxygens (including phenoxy) is 1. The van der Waals surface area contributed by atoms with Gasteiger partial charge in [-0.3, -0.25) is 0 Å². The van der Waals surface area contributed by atoms with Gasteiger partial charge in [0.15, 0.2) is 0 Å². The fraction of sp³-hybridized carbons (Fsp3) is 0.161. The third-order valence-electron chi connectivity index (χ3n) is 6.54. The molecule has 0 radical (unpaired) electrons. The average Bonchev–Trinajstić information content (AvgIpc) is 3.42. The topological polar surface area (TPSA) is 47.2 Å². The first-order valence-corrected chi connectivity index (χ1v) is 13.8. The van der Waals surface area contributed by atoms with Crippen LogP contribution in [0.15, 0.2) is 116 Å². The standard InChI is InChI=1S/C31H26Cl4N2O.ClH.H2O/c32-26-14-11-24(12-15-26)30(38-20-25-13-16-27(33)19-28(25)34)31(35)37-18-17-36(21-37)29(22-7-3-1-4-8-22)23-9-5-2-6-10-23;;/h1-19,29-31H,20-21H2;1H;1H2. The molecule has 4 aromatic carbocycles. The largest absolute Gasteiger partial charge is 0.412 e. The van der Waals surface area contributed by atoms with Crippen molar-refractivity contribution in [1.82, 2.24) is 9.80 Å². The molecule has 2 N–H and O–H groups in total. The Morgan fingerprint density at radius 2 is 1.23 bits per heavy atom. The van der Waals surface area contributed by atoms with Gasteiger partial charge in [-0.1, -0.05) is 125 Å². The summed E-state index contributed by atoms with van der Waals surface area (Å²) in [6.45, 7) is 0.877. The van der Waals surface area contributed by atoms with Gasteiger partial charge in [-0.25, -0.2) is 0 Å². The van der Waals surface area contributed by atoms with Gasteiger partial charge < -0.3 is 20.0 Å². The third kappa shape index (κ3) is 7.65. The number of hydrogen-bond donors (Lipinski definition) is 0. The van der Waals surface area contributed by atoms with E-state index in [2.05, 4.69) is 64.5 Å². The molecule has 0 bridgehead atoms. The molecule has 1 heterocycles. The molecule has 2 unspecified atom stereocenters. The molecule has 40 heavy (non-hydrogen) atoms. The summed E-state index contributed by atoms with van der Waals surface area (Å²) >= 11 is 25.8. The number of alkyl halides is 1. The van der Waals surface area contributed by atoms with E-state index in [1.165, 1.54) is 11.1 Å². The van der Waals surface area contributed by atoms with Gasteiger partial charge in [0.05, 0.1) is 19.3 Å². The van der Waals surface area contributed by atoms with Crippen molar-refractivity contribution < 1.29 is 10.2 Å². The molecule has 0 saturated heterocycles. The van der Waals surface area contributed by atoms with E-state index in [9.17, 15) is 0 Å². The Balaban J connectivity index is 0.00000220. The molecule has 5 rings (SSSR count). The van der Waals surface area contributed by atoms with Gasteiger partial charge in [-0.15, -0.1) is 12.4 Å². The van der Waals surface area contributed by atoms with Crippen LogP contribution >= 0.6 is 58.8 Å². The van der Waals surface area contributed by atoms with E-state index in [0.717, 1.165) is 11.1 Å². The van der Waals surface area contributed by atoms with E-state index in [1.807, 2.05) is 48.7 Å². The highest BCUT2D eigenvalue weighted by Gasteiger charge is 2.32. The summed E-state index contributed by atoms with van der Waals surface area (Å²) in [5.74, 6) is 0. The maximum absolute atomic E-state index is 7.16. The highest BCUT2D eigenvalue weighted by Crippen LogP contribution is 2.36. The normalized spacial score (nSPS) is 14.0. The number of benzene rings is 4. The van der Waals surface area contributed by atoms with Crippen molar-refractivity contribution in [2.45, 2.75) is 24.3 Å². The van der Waals surface area contributed by atoms with Crippen molar-refractivity contribution >= 4 is 58.8 Å². The van der Waals surface area contributed by atoms with Gasteiger partial charge in [0, 0.05) is 27.5 Å². The third-order valence-corrected chi connectivity index (χ3v) is 7.86. The van der Waals surface area contributed by atoms with Crippen LogP contribution < -0.4 is 0 Å². The molecule has 0 aliphatic carbocycles. The molecule has 0 aromatic heterocycles. The molecule has 0 fully saturated rings. The molecular formula is C31H29Cl5N2O2. The first kappa shape index (κ1) is 32.1. The van der Waals surface area contributed by atoms with Crippen LogP contribution in [0.1, 0.15) is 34.4 Å². The van der Waals surface area contributed by atoms with Crippen LogP contribution in [-0.4, -0.2) is 27.4 Å². The summed E-state index contributed by atoms with van der Waals surface area (Å²) in [5.41, 5.74) is 3.69.